The van der Waals surface area contributed by atoms with Gasteiger partial charge in [-0.1, -0.05) is 0 Å². The third-order valence-electron chi connectivity index (χ3n) is 1.25. The molecule has 0 bridgehead atoms. The summed E-state index contributed by atoms with van der Waals surface area (Å²) in [7, 11) is 0. The molecule has 0 rings (SSSR count). The van der Waals surface area contributed by atoms with Gasteiger partial charge in [-0.2, -0.15) is 0 Å². The summed E-state index contributed by atoms with van der Waals surface area (Å²) in [6.07, 6.45) is 0. The molecule has 0 aliphatic heterocycles. The minimum absolute atomic E-state index is 0. The molecule has 80 valence electrons. The highest BCUT2D eigenvalue weighted by Crippen LogP contribution is 2.08. The Morgan fingerprint density at radius 2 is 1.69 bits per heavy atom. The van der Waals surface area contributed by atoms with Gasteiger partial charge in [0.1, 0.15) is 11.6 Å². The predicted molar refractivity (Wildman–Crippen MR) is 54.7 cm³/mol. The second-order valence-corrected chi connectivity index (χ2v) is 3.92. The van der Waals surface area contributed by atoms with Crippen molar-refractivity contribution in [3.8, 4) is 0 Å². The van der Waals surface area contributed by atoms with E-state index in [9.17, 15) is 4.79 Å². The highest BCUT2D eigenvalue weighted by Gasteiger charge is 2.24. The Hall–Kier alpha value is -0.320. The van der Waals surface area contributed by atoms with Crippen LogP contribution in [0.1, 0.15) is 27.7 Å². The van der Waals surface area contributed by atoms with E-state index < -0.39 is 17.6 Å². The predicted octanol–water partition coefficient (Wildman–Crippen LogP) is 0.424. The molecule has 13 heavy (non-hydrogen) atoms. The van der Waals surface area contributed by atoms with E-state index in [1.165, 1.54) is 0 Å². The first kappa shape index (κ1) is 15.2. The van der Waals surface area contributed by atoms with Crippen molar-refractivity contribution in [3.05, 3.63) is 0 Å². The Labute approximate surface area is 85.4 Å². The van der Waals surface area contributed by atoms with Crippen molar-refractivity contribution in [2.24, 2.45) is 11.5 Å². The van der Waals surface area contributed by atoms with Gasteiger partial charge in [-0.25, -0.2) is 0 Å². The van der Waals surface area contributed by atoms with E-state index >= 15 is 0 Å². The smallest absolute Gasteiger partial charge is 0.325 e. The van der Waals surface area contributed by atoms with Crippen LogP contribution < -0.4 is 11.5 Å². The third-order valence-corrected chi connectivity index (χ3v) is 1.25. The maximum atomic E-state index is 11.2. The molecule has 0 aliphatic rings. The number of nitrogens with two attached hydrogens (primary N) is 2. The SMILES string of the molecule is CC(N)[C@H](N)C(=O)OC(C)(C)C.Cl. The lowest BCUT2D eigenvalue weighted by Crippen LogP contribution is -2.48. The van der Waals surface area contributed by atoms with E-state index in [0.29, 0.717) is 0 Å². The second kappa shape index (κ2) is 5.42. The summed E-state index contributed by atoms with van der Waals surface area (Å²) >= 11 is 0. The van der Waals surface area contributed by atoms with Gasteiger partial charge >= 0.3 is 5.97 Å². The fourth-order valence-electron chi connectivity index (χ4n) is 0.584. The van der Waals surface area contributed by atoms with Crippen LogP contribution in [0.15, 0.2) is 0 Å². The molecule has 0 spiro atoms. The van der Waals surface area contributed by atoms with Crippen molar-refractivity contribution in [3.63, 3.8) is 0 Å². The van der Waals surface area contributed by atoms with Gasteiger partial charge in [0.15, 0.2) is 0 Å². The summed E-state index contributed by atoms with van der Waals surface area (Å²) in [5.41, 5.74) is 10.4. The van der Waals surface area contributed by atoms with Crippen molar-refractivity contribution < 1.29 is 9.53 Å². The number of rotatable bonds is 2. The van der Waals surface area contributed by atoms with Crippen LogP contribution in [0, 0.1) is 0 Å². The van der Waals surface area contributed by atoms with Gasteiger partial charge in [-0.15, -0.1) is 12.4 Å². The van der Waals surface area contributed by atoms with E-state index in [2.05, 4.69) is 0 Å². The number of esters is 1. The fourth-order valence-corrected chi connectivity index (χ4v) is 0.584. The Morgan fingerprint density at radius 1 is 1.31 bits per heavy atom. The molecule has 0 saturated carbocycles. The molecule has 0 aromatic heterocycles. The first-order valence-electron chi connectivity index (χ1n) is 3.98. The summed E-state index contributed by atoms with van der Waals surface area (Å²) in [4.78, 5) is 11.2. The summed E-state index contributed by atoms with van der Waals surface area (Å²) in [5.74, 6) is -0.447. The van der Waals surface area contributed by atoms with Crippen LogP contribution in [0.4, 0.5) is 0 Å². The molecule has 0 amide bonds. The van der Waals surface area contributed by atoms with Crippen molar-refractivity contribution in [1.29, 1.82) is 0 Å². The van der Waals surface area contributed by atoms with Crippen molar-refractivity contribution in [2.45, 2.75) is 45.4 Å². The molecule has 0 aromatic rings. The van der Waals surface area contributed by atoms with Gasteiger partial charge in [0, 0.05) is 6.04 Å². The van der Waals surface area contributed by atoms with Crippen LogP contribution in [-0.4, -0.2) is 23.7 Å². The van der Waals surface area contributed by atoms with E-state index in [4.69, 9.17) is 16.2 Å². The highest BCUT2D eigenvalue weighted by atomic mass is 35.5. The van der Waals surface area contributed by atoms with Crippen LogP contribution in [0.3, 0.4) is 0 Å². The monoisotopic (exact) mass is 210 g/mol. The number of ether oxygens (including phenoxy) is 1. The molecule has 4 nitrogen and oxygen atoms in total. The largest absolute Gasteiger partial charge is 0.459 e. The first-order valence-corrected chi connectivity index (χ1v) is 3.98. The van der Waals surface area contributed by atoms with Crippen molar-refractivity contribution in [2.75, 3.05) is 0 Å². The van der Waals surface area contributed by atoms with Gasteiger partial charge in [-0.05, 0) is 27.7 Å². The number of carbonyl (C=O) groups excluding carboxylic acids is 1. The molecule has 1 unspecified atom stereocenters. The molecule has 0 aromatic carbocycles. The van der Waals surface area contributed by atoms with Crippen LogP contribution in [-0.2, 0) is 9.53 Å². The zero-order valence-electron chi connectivity index (χ0n) is 8.53. The quantitative estimate of drug-likeness (QED) is 0.648. The van der Waals surface area contributed by atoms with E-state index in [1.807, 2.05) is 0 Å². The molecule has 2 atom stereocenters. The van der Waals surface area contributed by atoms with E-state index in [-0.39, 0.29) is 18.4 Å². The molecule has 5 heteroatoms. The topological polar surface area (TPSA) is 78.3 Å². The molecule has 0 saturated heterocycles. The molecule has 4 N–H and O–H groups in total. The Kier molecular flexibility index (Phi) is 6.32. The average Bonchev–Trinajstić information content (AvgIpc) is 1.82. The van der Waals surface area contributed by atoms with Gasteiger partial charge in [0.25, 0.3) is 0 Å². The summed E-state index contributed by atoms with van der Waals surface area (Å²) in [6.45, 7) is 7.05. The summed E-state index contributed by atoms with van der Waals surface area (Å²) in [6, 6.07) is -1.11. The summed E-state index contributed by atoms with van der Waals surface area (Å²) in [5, 5.41) is 0. The Bertz CT molecular complexity index is 166. The molecule has 0 aliphatic carbocycles. The van der Waals surface area contributed by atoms with Crippen molar-refractivity contribution >= 4 is 18.4 Å². The summed E-state index contributed by atoms with van der Waals surface area (Å²) < 4.78 is 5.02. The van der Waals surface area contributed by atoms with Gasteiger partial charge < -0.3 is 16.2 Å². The zero-order chi connectivity index (χ0) is 9.94. The van der Waals surface area contributed by atoms with Gasteiger partial charge in [-0.3, -0.25) is 4.79 Å². The Morgan fingerprint density at radius 3 is 1.92 bits per heavy atom. The van der Waals surface area contributed by atoms with Gasteiger partial charge in [0.2, 0.25) is 0 Å². The van der Waals surface area contributed by atoms with Crippen LogP contribution in [0.5, 0.6) is 0 Å². The standard InChI is InChI=1S/C8H18N2O2.ClH/c1-5(9)6(10)7(11)12-8(2,3)4;/h5-6H,9-10H2,1-4H3;1H/t5?,6-;/m0./s1. The van der Waals surface area contributed by atoms with Crippen molar-refractivity contribution in [1.82, 2.24) is 0 Å². The third kappa shape index (κ3) is 6.81. The lowest BCUT2D eigenvalue weighted by molar-refractivity contribution is -0.156. The number of carbonyl (C=O) groups is 1. The lowest BCUT2D eigenvalue weighted by Gasteiger charge is -2.23. The van der Waals surface area contributed by atoms with Crippen LogP contribution in [0.2, 0.25) is 0 Å². The van der Waals surface area contributed by atoms with Crippen LogP contribution in [0.25, 0.3) is 0 Å². The molecular formula is C8H19ClN2O2. The minimum atomic E-state index is -0.732. The molecule has 0 fully saturated rings. The normalized spacial score (nSPS) is 15.5. The Balaban J connectivity index is 0. The maximum Gasteiger partial charge on any atom is 0.325 e. The first-order chi connectivity index (χ1) is 5.24. The molecular weight excluding hydrogens is 192 g/mol. The maximum absolute atomic E-state index is 11.2. The van der Waals surface area contributed by atoms with Crippen LogP contribution >= 0.6 is 12.4 Å². The number of hydrogen-bond acceptors (Lipinski definition) is 4. The second-order valence-electron chi connectivity index (χ2n) is 3.92. The number of halogens is 1. The van der Waals surface area contributed by atoms with E-state index in [0.717, 1.165) is 0 Å². The molecule has 0 radical (unpaired) electrons. The minimum Gasteiger partial charge on any atom is -0.459 e. The van der Waals surface area contributed by atoms with Gasteiger partial charge in [0.05, 0.1) is 0 Å². The lowest BCUT2D eigenvalue weighted by atomic mass is 10.1. The average molecular weight is 211 g/mol. The number of hydrogen-bond donors (Lipinski definition) is 2. The fraction of sp³-hybridized carbons (Fsp3) is 0.875. The molecule has 0 heterocycles. The van der Waals surface area contributed by atoms with E-state index in [1.54, 1.807) is 27.7 Å². The zero-order valence-corrected chi connectivity index (χ0v) is 9.35. The highest BCUT2D eigenvalue weighted by molar-refractivity contribution is 5.85.